The van der Waals surface area contributed by atoms with Crippen LogP contribution in [0.5, 0.6) is 0 Å². The Balaban J connectivity index is 2.60. The zero-order chi connectivity index (χ0) is 13.8. The van der Waals surface area contributed by atoms with E-state index in [0.29, 0.717) is 18.4 Å². The summed E-state index contributed by atoms with van der Waals surface area (Å²) in [5.41, 5.74) is 5.12. The SMILES string of the molecule is CC(N)CCCC(=O)c1ccc(C(F)(F)F)cc1. The second-order valence-corrected chi connectivity index (χ2v) is 4.37. The van der Waals surface area contributed by atoms with E-state index in [-0.39, 0.29) is 11.8 Å². The topological polar surface area (TPSA) is 43.1 Å². The molecule has 0 aromatic heterocycles. The van der Waals surface area contributed by atoms with Crippen LogP contribution < -0.4 is 5.73 Å². The van der Waals surface area contributed by atoms with E-state index in [9.17, 15) is 18.0 Å². The Labute approximate surface area is 104 Å². The van der Waals surface area contributed by atoms with Gasteiger partial charge in [-0.3, -0.25) is 4.79 Å². The van der Waals surface area contributed by atoms with E-state index in [1.165, 1.54) is 12.1 Å². The summed E-state index contributed by atoms with van der Waals surface area (Å²) in [6.45, 7) is 1.85. The average molecular weight is 259 g/mol. The van der Waals surface area contributed by atoms with Gasteiger partial charge in [-0.25, -0.2) is 0 Å². The highest BCUT2D eigenvalue weighted by Gasteiger charge is 2.30. The van der Waals surface area contributed by atoms with Crippen LogP contribution in [-0.4, -0.2) is 11.8 Å². The summed E-state index contributed by atoms with van der Waals surface area (Å²) in [6, 6.07) is 4.33. The molecule has 1 rings (SSSR count). The molecule has 0 radical (unpaired) electrons. The summed E-state index contributed by atoms with van der Waals surface area (Å²) < 4.78 is 36.9. The minimum atomic E-state index is -4.36. The van der Waals surface area contributed by atoms with E-state index in [2.05, 4.69) is 0 Å². The fraction of sp³-hybridized carbons (Fsp3) is 0.462. The molecule has 18 heavy (non-hydrogen) atoms. The third-order valence-electron chi connectivity index (χ3n) is 2.60. The van der Waals surface area contributed by atoms with Crippen molar-refractivity contribution in [1.29, 1.82) is 0 Å². The van der Waals surface area contributed by atoms with Crippen molar-refractivity contribution in [3.63, 3.8) is 0 Å². The van der Waals surface area contributed by atoms with E-state index in [1.807, 2.05) is 6.92 Å². The molecule has 1 aromatic carbocycles. The Bertz CT molecular complexity index is 396. The first-order valence-electron chi connectivity index (χ1n) is 5.76. The van der Waals surface area contributed by atoms with Crippen molar-refractivity contribution < 1.29 is 18.0 Å². The smallest absolute Gasteiger partial charge is 0.328 e. The number of rotatable bonds is 5. The van der Waals surface area contributed by atoms with Gasteiger partial charge in [-0.05, 0) is 31.9 Å². The molecule has 0 bridgehead atoms. The van der Waals surface area contributed by atoms with Crippen LogP contribution in [0.3, 0.4) is 0 Å². The summed E-state index contributed by atoms with van der Waals surface area (Å²) in [5.74, 6) is -0.149. The lowest BCUT2D eigenvalue weighted by atomic mass is 10.0. The lowest BCUT2D eigenvalue weighted by Gasteiger charge is -2.07. The minimum absolute atomic E-state index is 0.0328. The van der Waals surface area contributed by atoms with E-state index in [4.69, 9.17) is 5.73 Å². The molecule has 0 aliphatic heterocycles. The van der Waals surface area contributed by atoms with Crippen molar-refractivity contribution in [3.8, 4) is 0 Å². The molecular weight excluding hydrogens is 243 g/mol. The molecule has 5 heteroatoms. The highest BCUT2D eigenvalue weighted by Crippen LogP contribution is 2.29. The third kappa shape index (κ3) is 4.49. The summed E-state index contributed by atoms with van der Waals surface area (Å²) in [5, 5.41) is 0. The van der Waals surface area contributed by atoms with Crippen LogP contribution in [0.4, 0.5) is 13.2 Å². The predicted octanol–water partition coefficient (Wildman–Crippen LogP) is 3.41. The lowest BCUT2D eigenvalue weighted by Crippen LogP contribution is -2.14. The van der Waals surface area contributed by atoms with Crippen LogP contribution in [0.2, 0.25) is 0 Å². The molecule has 100 valence electrons. The van der Waals surface area contributed by atoms with E-state index in [0.717, 1.165) is 18.6 Å². The zero-order valence-corrected chi connectivity index (χ0v) is 10.1. The maximum Gasteiger partial charge on any atom is 0.416 e. The van der Waals surface area contributed by atoms with Crippen molar-refractivity contribution >= 4 is 5.78 Å². The molecule has 0 fully saturated rings. The molecule has 0 amide bonds. The van der Waals surface area contributed by atoms with Gasteiger partial charge >= 0.3 is 6.18 Å². The number of Topliss-reactive ketones (excluding diaryl/α,β-unsaturated/α-hetero) is 1. The fourth-order valence-corrected chi connectivity index (χ4v) is 1.57. The molecule has 0 saturated heterocycles. The van der Waals surface area contributed by atoms with Gasteiger partial charge in [0.2, 0.25) is 0 Å². The van der Waals surface area contributed by atoms with Crippen molar-refractivity contribution in [2.45, 2.75) is 38.4 Å². The Hall–Kier alpha value is -1.36. The number of nitrogens with two attached hydrogens (primary N) is 1. The van der Waals surface area contributed by atoms with E-state index in [1.54, 1.807) is 0 Å². The number of carbonyl (C=O) groups is 1. The van der Waals surface area contributed by atoms with Crippen LogP contribution in [-0.2, 0) is 6.18 Å². The Morgan fingerprint density at radius 2 is 1.83 bits per heavy atom. The summed E-state index contributed by atoms with van der Waals surface area (Å²) in [7, 11) is 0. The van der Waals surface area contributed by atoms with Crippen LogP contribution in [0.1, 0.15) is 42.1 Å². The first kappa shape index (κ1) is 14.7. The Kier molecular flexibility index (Phi) is 4.90. The van der Waals surface area contributed by atoms with Crippen molar-refractivity contribution in [2.24, 2.45) is 5.73 Å². The molecule has 0 aliphatic carbocycles. The van der Waals surface area contributed by atoms with Crippen LogP contribution >= 0.6 is 0 Å². The summed E-state index contributed by atoms with van der Waals surface area (Å²) in [4.78, 5) is 11.7. The zero-order valence-electron chi connectivity index (χ0n) is 10.1. The number of hydrogen-bond donors (Lipinski definition) is 1. The third-order valence-corrected chi connectivity index (χ3v) is 2.60. The number of carbonyl (C=O) groups excluding carboxylic acids is 1. The van der Waals surface area contributed by atoms with Crippen LogP contribution in [0, 0.1) is 0 Å². The quantitative estimate of drug-likeness (QED) is 0.823. The predicted molar refractivity (Wildman–Crippen MR) is 63.3 cm³/mol. The molecule has 1 unspecified atom stereocenters. The molecular formula is C13H16F3NO. The van der Waals surface area contributed by atoms with Gasteiger partial charge in [-0.15, -0.1) is 0 Å². The summed E-state index contributed by atoms with van der Waals surface area (Å²) in [6.07, 6.45) is -2.67. The second kappa shape index (κ2) is 6.00. The number of ketones is 1. The lowest BCUT2D eigenvalue weighted by molar-refractivity contribution is -0.137. The van der Waals surface area contributed by atoms with Gasteiger partial charge < -0.3 is 5.73 Å². The first-order chi connectivity index (χ1) is 8.30. The highest BCUT2D eigenvalue weighted by atomic mass is 19.4. The molecule has 0 heterocycles. The van der Waals surface area contributed by atoms with Gasteiger partial charge in [0.25, 0.3) is 0 Å². The van der Waals surface area contributed by atoms with Gasteiger partial charge in [0.1, 0.15) is 0 Å². The molecule has 1 atom stereocenters. The van der Waals surface area contributed by atoms with Crippen LogP contribution in [0.25, 0.3) is 0 Å². The van der Waals surface area contributed by atoms with Crippen molar-refractivity contribution in [3.05, 3.63) is 35.4 Å². The fourth-order valence-electron chi connectivity index (χ4n) is 1.57. The minimum Gasteiger partial charge on any atom is -0.328 e. The molecule has 2 N–H and O–H groups in total. The van der Waals surface area contributed by atoms with Crippen molar-refractivity contribution in [2.75, 3.05) is 0 Å². The number of halogens is 3. The maximum atomic E-state index is 12.3. The molecule has 0 spiro atoms. The summed E-state index contributed by atoms with van der Waals surface area (Å²) >= 11 is 0. The standard InChI is InChI=1S/C13H16F3NO/c1-9(17)3-2-4-12(18)10-5-7-11(8-6-10)13(14,15)16/h5-9H,2-4,17H2,1H3. The first-order valence-corrected chi connectivity index (χ1v) is 5.76. The molecule has 0 saturated carbocycles. The van der Waals surface area contributed by atoms with Crippen molar-refractivity contribution in [1.82, 2.24) is 0 Å². The number of alkyl halides is 3. The Morgan fingerprint density at radius 3 is 2.28 bits per heavy atom. The average Bonchev–Trinajstić information content (AvgIpc) is 2.27. The largest absolute Gasteiger partial charge is 0.416 e. The Morgan fingerprint density at radius 1 is 1.28 bits per heavy atom. The second-order valence-electron chi connectivity index (χ2n) is 4.37. The van der Waals surface area contributed by atoms with Gasteiger partial charge in [0, 0.05) is 18.0 Å². The molecule has 1 aromatic rings. The molecule has 0 aliphatic rings. The van der Waals surface area contributed by atoms with Gasteiger partial charge in [-0.2, -0.15) is 13.2 Å². The van der Waals surface area contributed by atoms with E-state index >= 15 is 0 Å². The number of hydrogen-bond acceptors (Lipinski definition) is 2. The normalized spacial score (nSPS) is 13.4. The highest BCUT2D eigenvalue weighted by molar-refractivity contribution is 5.96. The maximum absolute atomic E-state index is 12.3. The monoisotopic (exact) mass is 259 g/mol. The van der Waals surface area contributed by atoms with Crippen LogP contribution in [0.15, 0.2) is 24.3 Å². The van der Waals surface area contributed by atoms with Gasteiger partial charge in [-0.1, -0.05) is 12.1 Å². The number of benzene rings is 1. The van der Waals surface area contributed by atoms with Gasteiger partial charge in [0.05, 0.1) is 5.56 Å². The molecule has 2 nitrogen and oxygen atoms in total. The van der Waals surface area contributed by atoms with E-state index < -0.39 is 11.7 Å². The van der Waals surface area contributed by atoms with Gasteiger partial charge in [0.15, 0.2) is 5.78 Å².